The first kappa shape index (κ1) is 15.0. The highest BCUT2D eigenvalue weighted by atomic mass is 79.9. The largest absolute Gasteiger partial charge is 0.497 e. The molecule has 0 N–H and O–H groups in total. The molecule has 0 spiro atoms. The minimum atomic E-state index is -0.605. The first-order chi connectivity index (χ1) is 9.54. The van der Waals surface area contributed by atoms with Crippen molar-refractivity contribution >= 4 is 15.9 Å². The molecular weight excluding hydrogens is 326 g/mol. The second kappa shape index (κ2) is 6.35. The van der Waals surface area contributed by atoms with Gasteiger partial charge < -0.3 is 4.74 Å². The fraction of sp³-hybridized carbons (Fsp3) is 0.250. The molecule has 0 aliphatic heterocycles. The standard InChI is InChI=1S/C16H15BrF2O/c1-10(11-6-4-3-5-7-11)16(17)15-13(18)8-12(20-2)9-14(15)19/h3-10,16H,1-2H3. The van der Waals surface area contributed by atoms with Crippen molar-refractivity contribution in [3.63, 3.8) is 0 Å². The summed E-state index contributed by atoms with van der Waals surface area (Å²) in [7, 11) is 1.38. The van der Waals surface area contributed by atoms with Crippen LogP contribution in [-0.4, -0.2) is 7.11 Å². The molecule has 0 aliphatic rings. The number of hydrogen-bond acceptors (Lipinski definition) is 1. The van der Waals surface area contributed by atoms with Crippen LogP contribution < -0.4 is 4.74 Å². The van der Waals surface area contributed by atoms with E-state index >= 15 is 0 Å². The number of rotatable bonds is 4. The summed E-state index contributed by atoms with van der Waals surface area (Å²) in [5.41, 5.74) is 1.05. The zero-order chi connectivity index (χ0) is 14.7. The third-order valence-electron chi connectivity index (χ3n) is 3.33. The smallest absolute Gasteiger partial charge is 0.134 e. The summed E-state index contributed by atoms with van der Waals surface area (Å²) in [5, 5.41) is 0. The summed E-state index contributed by atoms with van der Waals surface area (Å²) in [6.07, 6.45) is 0. The maximum atomic E-state index is 14.1. The molecule has 1 nitrogen and oxygen atoms in total. The summed E-state index contributed by atoms with van der Waals surface area (Å²) in [5.74, 6) is -1.09. The lowest BCUT2D eigenvalue weighted by molar-refractivity contribution is 0.404. The summed E-state index contributed by atoms with van der Waals surface area (Å²) in [4.78, 5) is -0.448. The minimum Gasteiger partial charge on any atom is -0.497 e. The Morgan fingerprint density at radius 3 is 2.10 bits per heavy atom. The van der Waals surface area contributed by atoms with Gasteiger partial charge in [0.05, 0.1) is 11.9 Å². The normalized spacial score (nSPS) is 13.8. The van der Waals surface area contributed by atoms with Gasteiger partial charge in [-0.15, -0.1) is 0 Å². The fourth-order valence-electron chi connectivity index (χ4n) is 2.12. The molecule has 0 aliphatic carbocycles. The van der Waals surface area contributed by atoms with E-state index in [1.54, 1.807) is 0 Å². The van der Waals surface area contributed by atoms with Gasteiger partial charge in [-0.25, -0.2) is 8.78 Å². The fourth-order valence-corrected chi connectivity index (χ4v) is 2.86. The Balaban J connectivity index is 2.36. The van der Waals surface area contributed by atoms with Gasteiger partial charge in [-0.2, -0.15) is 0 Å². The first-order valence-electron chi connectivity index (χ1n) is 6.26. The summed E-state index contributed by atoms with van der Waals surface area (Å²) < 4.78 is 33.0. The molecule has 0 fully saturated rings. The monoisotopic (exact) mass is 340 g/mol. The Kier molecular flexibility index (Phi) is 4.76. The SMILES string of the molecule is COc1cc(F)c(C(Br)C(C)c2ccccc2)c(F)c1. The Hall–Kier alpha value is -1.42. The second-order valence-corrected chi connectivity index (χ2v) is 5.59. The lowest BCUT2D eigenvalue weighted by atomic mass is 9.93. The molecule has 106 valence electrons. The Labute approximate surface area is 125 Å². The third kappa shape index (κ3) is 3.01. The molecule has 0 saturated carbocycles. The predicted molar refractivity (Wildman–Crippen MR) is 79.4 cm³/mol. The predicted octanol–water partition coefficient (Wildman–Crippen LogP) is 5.21. The Bertz CT molecular complexity index is 563. The first-order valence-corrected chi connectivity index (χ1v) is 7.18. The number of alkyl halides is 1. The minimum absolute atomic E-state index is 0.0298. The van der Waals surface area contributed by atoms with Gasteiger partial charge in [0.25, 0.3) is 0 Å². The van der Waals surface area contributed by atoms with Crippen LogP contribution in [0.15, 0.2) is 42.5 Å². The van der Waals surface area contributed by atoms with Crippen molar-refractivity contribution in [2.24, 2.45) is 0 Å². The highest BCUT2D eigenvalue weighted by Gasteiger charge is 2.25. The van der Waals surface area contributed by atoms with Crippen molar-refractivity contribution in [1.29, 1.82) is 0 Å². The van der Waals surface area contributed by atoms with Crippen molar-refractivity contribution < 1.29 is 13.5 Å². The molecule has 0 amide bonds. The average molecular weight is 341 g/mol. The van der Waals surface area contributed by atoms with Crippen LogP contribution in [0.25, 0.3) is 0 Å². The van der Waals surface area contributed by atoms with Gasteiger partial charge in [0.15, 0.2) is 0 Å². The van der Waals surface area contributed by atoms with Gasteiger partial charge in [0, 0.05) is 17.7 Å². The number of methoxy groups -OCH3 is 1. The van der Waals surface area contributed by atoms with Crippen LogP contribution >= 0.6 is 15.9 Å². The number of ether oxygens (including phenoxy) is 1. The number of benzene rings is 2. The van der Waals surface area contributed by atoms with Crippen molar-refractivity contribution in [2.75, 3.05) is 7.11 Å². The zero-order valence-corrected chi connectivity index (χ0v) is 12.8. The van der Waals surface area contributed by atoms with Crippen LogP contribution in [0.1, 0.15) is 28.8 Å². The highest BCUT2D eigenvalue weighted by Crippen LogP contribution is 2.40. The molecule has 4 heteroatoms. The zero-order valence-electron chi connectivity index (χ0n) is 11.2. The summed E-state index contributed by atoms with van der Waals surface area (Å²) >= 11 is 3.42. The van der Waals surface area contributed by atoms with Crippen molar-refractivity contribution in [1.82, 2.24) is 0 Å². The van der Waals surface area contributed by atoms with Crippen LogP contribution in [0.4, 0.5) is 8.78 Å². The quantitative estimate of drug-likeness (QED) is 0.694. The molecule has 2 aromatic rings. The van der Waals surface area contributed by atoms with Crippen LogP contribution in [0.2, 0.25) is 0 Å². The van der Waals surface area contributed by atoms with E-state index < -0.39 is 16.5 Å². The molecule has 0 saturated heterocycles. The summed E-state index contributed by atoms with van der Waals surface area (Å²) in [6.45, 7) is 1.93. The van der Waals surface area contributed by atoms with E-state index in [4.69, 9.17) is 4.74 Å². The van der Waals surface area contributed by atoms with Gasteiger partial charge >= 0.3 is 0 Å². The molecule has 2 atom stereocenters. The van der Waals surface area contributed by atoms with E-state index in [0.717, 1.165) is 5.56 Å². The van der Waals surface area contributed by atoms with E-state index in [0.29, 0.717) is 0 Å². The van der Waals surface area contributed by atoms with Crippen molar-refractivity contribution in [2.45, 2.75) is 17.7 Å². The molecule has 0 bridgehead atoms. The van der Waals surface area contributed by atoms with E-state index in [-0.39, 0.29) is 17.2 Å². The maximum Gasteiger partial charge on any atom is 0.134 e. The Morgan fingerprint density at radius 1 is 1.05 bits per heavy atom. The molecule has 0 aromatic heterocycles. The van der Waals surface area contributed by atoms with Crippen LogP contribution in [0, 0.1) is 11.6 Å². The van der Waals surface area contributed by atoms with Crippen LogP contribution in [0.3, 0.4) is 0 Å². The van der Waals surface area contributed by atoms with Gasteiger partial charge in [-0.3, -0.25) is 0 Å². The third-order valence-corrected chi connectivity index (χ3v) is 4.58. The van der Waals surface area contributed by atoms with E-state index in [1.165, 1.54) is 19.2 Å². The molecule has 2 rings (SSSR count). The van der Waals surface area contributed by atoms with E-state index in [9.17, 15) is 8.78 Å². The number of hydrogen-bond donors (Lipinski definition) is 0. The molecule has 2 aromatic carbocycles. The van der Waals surface area contributed by atoms with E-state index in [2.05, 4.69) is 15.9 Å². The lowest BCUT2D eigenvalue weighted by Gasteiger charge is -2.20. The number of halogens is 3. The lowest BCUT2D eigenvalue weighted by Crippen LogP contribution is -2.07. The second-order valence-electron chi connectivity index (χ2n) is 4.61. The molecule has 0 heterocycles. The van der Waals surface area contributed by atoms with Gasteiger partial charge in [0.2, 0.25) is 0 Å². The maximum absolute atomic E-state index is 14.1. The van der Waals surface area contributed by atoms with Crippen LogP contribution in [0.5, 0.6) is 5.75 Å². The van der Waals surface area contributed by atoms with Crippen molar-refractivity contribution in [3.05, 3.63) is 65.2 Å². The average Bonchev–Trinajstić information content (AvgIpc) is 2.46. The topological polar surface area (TPSA) is 9.23 Å². The van der Waals surface area contributed by atoms with Gasteiger partial charge in [-0.05, 0) is 11.5 Å². The van der Waals surface area contributed by atoms with Crippen LogP contribution in [-0.2, 0) is 0 Å². The van der Waals surface area contributed by atoms with E-state index in [1.807, 2.05) is 37.3 Å². The highest BCUT2D eigenvalue weighted by molar-refractivity contribution is 9.09. The Morgan fingerprint density at radius 2 is 1.60 bits per heavy atom. The molecule has 2 unspecified atom stereocenters. The van der Waals surface area contributed by atoms with Crippen molar-refractivity contribution in [3.8, 4) is 5.75 Å². The summed E-state index contributed by atoms with van der Waals surface area (Å²) in [6, 6.07) is 12.0. The molecule has 20 heavy (non-hydrogen) atoms. The molecular formula is C16H15BrF2O. The van der Waals surface area contributed by atoms with Gasteiger partial charge in [0.1, 0.15) is 17.4 Å². The molecule has 0 radical (unpaired) electrons. The van der Waals surface area contributed by atoms with Gasteiger partial charge in [-0.1, -0.05) is 53.2 Å².